The number of amides is 3. The average molecular weight is 401 g/mol. The first-order valence-corrected chi connectivity index (χ1v) is 9.62. The number of hydrogen-bond donors (Lipinski definition) is 3. The van der Waals surface area contributed by atoms with Gasteiger partial charge >= 0.3 is 0 Å². The first-order valence-electron chi connectivity index (χ1n) is 9.62. The summed E-state index contributed by atoms with van der Waals surface area (Å²) >= 11 is 0. The molecule has 0 radical (unpaired) electrons. The molecule has 0 bridgehead atoms. The average Bonchev–Trinajstić information content (AvgIpc) is 2.77. The summed E-state index contributed by atoms with van der Waals surface area (Å²) in [7, 11) is 0. The molecule has 152 valence electrons. The number of rotatable bonds is 7. The predicted molar refractivity (Wildman–Crippen MR) is 117 cm³/mol. The minimum atomic E-state index is -0.250. The van der Waals surface area contributed by atoms with Crippen molar-refractivity contribution < 1.29 is 14.4 Å². The second-order valence-electron chi connectivity index (χ2n) is 6.78. The third-order valence-corrected chi connectivity index (χ3v) is 4.42. The molecule has 3 amide bonds. The van der Waals surface area contributed by atoms with Crippen molar-refractivity contribution in [3.8, 4) is 0 Å². The number of anilines is 1. The van der Waals surface area contributed by atoms with Crippen molar-refractivity contribution in [1.29, 1.82) is 0 Å². The lowest BCUT2D eigenvalue weighted by molar-refractivity contribution is 0.0927. The van der Waals surface area contributed by atoms with E-state index in [4.69, 9.17) is 0 Å². The molecule has 3 aromatic carbocycles. The molecule has 3 rings (SSSR count). The quantitative estimate of drug-likeness (QED) is 0.530. The number of carbonyl (C=O) groups excluding carboxylic acids is 3. The Kier molecular flexibility index (Phi) is 6.95. The lowest BCUT2D eigenvalue weighted by Gasteiger charge is -2.09. The summed E-state index contributed by atoms with van der Waals surface area (Å²) in [6, 6.07) is 22.9. The Labute approximate surface area is 175 Å². The Bertz CT molecular complexity index is 1030. The van der Waals surface area contributed by atoms with Crippen LogP contribution in [0.4, 0.5) is 5.69 Å². The van der Waals surface area contributed by atoms with Gasteiger partial charge in [0.15, 0.2) is 0 Å². The summed E-state index contributed by atoms with van der Waals surface area (Å²) in [5, 5.41) is 8.33. The number of benzene rings is 3. The molecule has 3 aromatic rings. The van der Waals surface area contributed by atoms with E-state index in [0.29, 0.717) is 35.5 Å². The van der Waals surface area contributed by atoms with E-state index in [2.05, 4.69) is 16.0 Å². The van der Waals surface area contributed by atoms with Gasteiger partial charge in [-0.3, -0.25) is 14.4 Å². The molecule has 0 fully saturated rings. The third kappa shape index (κ3) is 5.78. The number of nitrogens with one attached hydrogen (secondary N) is 3. The summed E-state index contributed by atoms with van der Waals surface area (Å²) in [5.74, 6) is -0.635. The van der Waals surface area contributed by atoms with E-state index < -0.39 is 0 Å². The molecule has 0 aliphatic carbocycles. The highest BCUT2D eigenvalue weighted by Gasteiger charge is 2.09. The molecule has 0 unspecified atom stereocenters. The first kappa shape index (κ1) is 20.8. The molecular formula is C24H23N3O3. The Hall–Kier alpha value is -3.93. The lowest BCUT2D eigenvalue weighted by atomic mass is 10.1. The van der Waals surface area contributed by atoms with Crippen LogP contribution in [-0.4, -0.2) is 30.8 Å². The van der Waals surface area contributed by atoms with E-state index in [-0.39, 0.29) is 17.7 Å². The van der Waals surface area contributed by atoms with Gasteiger partial charge in [-0.15, -0.1) is 0 Å². The summed E-state index contributed by atoms with van der Waals surface area (Å²) in [6.07, 6.45) is 0. The van der Waals surface area contributed by atoms with Crippen LogP contribution in [0.3, 0.4) is 0 Å². The molecule has 0 atom stereocenters. The van der Waals surface area contributed by atoms with Gasteiger partial charge in [-0.1, -0.05) is 35.9 Å². The Morgan fingerprint density at radius 3 is 1.80 bits per heavy atom. The molecule has 0 heterocycles. The highest BCUT2D eigenvalue weighted by molar-refractivity contribution is 6.04. The van der Waals surface area contributed by atoms with E-state index >= 15 is 0 Å². The SMILES string of the molecule is Cc1cccc(C(=O)Nc2ccc(C(=O)NCCNC(=O)c3ccccc3)cc2)c1. The van der Waals surface area contributed by atoms with Gasteiger partial charge in [0.1, 0.15) is 0 Å². The second-order valence-corrected chi connectivity index (χ2v) is 6.78. The fraction of sp³-hybridized carbons (Fsp3) is 0.125. The molecule has 6 nitrogen and oxygen atoms in total. The van der Waals surface area contributed by atoms with E-state index in [1.807, 2.05) is 31.2 Å². The van der Waals surface area contributed by atoms with Gasteiger partial charge in [0.05, 0.1) is 0 Å². The van der Waals surface area contributed by atoms with Gasteiger partial charge in [-0.05, 0) is 55.5 Å². The molecule has 0 aliphatic rings. The van der Waals surface area contributed by atoms with Gasteiger partial charge in [-0.25, -0.2) is 0 Å². The van der Waals surface area contributed by atoms with E-state index in [1.165, 1.54) is 0 Å². The van der Waals surface area contributed by atoms with Crippen LogP contribution in [0.15, 0.2) is 78.9 Å². The maximum absolute atomic E-state index is 12.3. The van der Waals surface area contributed by atoms with Crippen LogP contribution < -0.4 is 16.0 Å². The standard InChI is InChI=1S/C24H23N3O3/c1-17-6-5-9-20(16-17)24(30)27-21-12-10-19(11-13-21)23(29)26-15-14-25-22(28)18-7-3-2-4-8-18/h2-13,16H,14-15H2,1H3,(H,25,28)(H,26,29)(H,27,30). The Morgan fingerprint density at radius 1 is 0.633 bits per heavy atom. The zero-order valence-corrected chi connectivity index (χ0v) is 16.6. The fourth-order valence-corrected chi connectivity index (χ4v) is 2.84. The molecule has 30 heavy (non-hydrogen) atoms. The van der Waals surface area contributed by atoms with E-state index in [9.17, 15) is 14.4 Å². The van der Waals surface area contributed by atoms with Crippen LogP contribution >= 0.6 is 0 Å². The molecule has 0 spiro atoms. The number of carbonyl (C=O) groups is 3. The van der Waals surface area contributed by atoms with Gasteiger partial charge in [0.2, 0.25) is 0 Å². The van der Waals surface area contributed by atoms with Crippen LogP contribution in [0.2, 0.25) is 0 Å². The third-order valence-electron chi connectivity index (χ3n) is 4.42. The van der Waals surface area contributed by atoms with Gasteiger partial charge in [0.25, 0.3) is 17.7 Å². The zero-order valence-electron chi connectivity index (χ0n) is 16.6. The smallest absolute Gasteiger partial charge is 0.255 e. The zero-order chi connectivity index (χ0) is 21.3. The van der Waals surface area contributed by atoms with Crippen LogP contribution in [0, 0.1) is 6.92 Å². The van der Waals surface area contributed by atoms with Crippen molar-refractivity contribution in [3.63, 3.8) is 0 Å². The van der Waals surface area contributed by atoms with Crippen molar-refractivity contribution in [2.75, 3.05) is 18.4 Å². The number of aryl methyl sites for hydroxylation is 1. The Morgan fingerprint density at radius 2 is 1.20 bits per heavy atom. The minimum Gasteiger partial charge on any atom is -0.350 e. The molecule has 0 saturated heterocycles. The highest BCUT2D eigenvalue weighted by atomic mass is 16.2. The summed E-state index contributed by atoms with van der Waals surface area (Å²) < 4.78 is 0. The summed E-state index contributed by atoms with van der Waals surface area (Å²) in [5.41, 5.74) is 3.24. The van der Waals surface area contributed by atoms with Crippen LogP contribution in [0.25, 0.3) is 0 Å². The Balaban J connectivity index is 1.45. The van der Waals surface area contributed by atoms with Crippen LogP contribution in [-0.2, 0) is 0 Å². The van der Waals surface area contributed by atoms with E-state index in [1.54, 1.807) is 54.6 Å². The van der Waals surface area contributed by atoms with Crippen molar-refractivity contribution >= 4 is 23.4 Å². The van der Waals surface area contributed by atoms with Gasteiger partial charge in [-0.2, -0.15) is 0 Å². The fourth-order valence-electron chi connectivity index (χ4n) is 2.84. The highest BCUT2D eigenvalue weighted by Crippen LogP contribution is 2.12. The van der Waals surface area contributed by atoms with Crippen molar-refractivity contribution in [3.05, 3.63) is 101 Å². The topological polar surface area (TPSA) is 87.3 Å². The molecule has 0 aromatic heterocycles. The normalized spacial score (nSPS) is 10.2. The van der Waals surface area contributed by atoms with Crippen molar-refractivity contribution in [2.45, 2.75) is 6.92 Å². The lowest BCUT2D eigenvalue weighted by Crippen LogP contribution is -2.34. The largest absolute Gasteiger partial charge is 0.350 e. The van der Waals surface area contributed by atoms with Crippen LogP contribution in [0.5, 0.6) is 0 Å². The molecule has 3 N–H and O–H groups in total. The summed E-state index contributed by atoms with van der Waals surface area (Å²) in [6.45, 7) is 2.56. The number of hydrogen-bond acceptors (Lipinski definition) is 3. The minimum absolute atomic E-state index is 0.182. The van der Waals surface area contributed by atoms with Gasteiger partial charge in [0, 0.05) is 35.5 Å². The molecule has 0 aliphatic heterocycles. The maximum Gasteiger partial charge on any atom is 0.255 e. The molecular weight excluding hydrogens is 378 g/mol. The van der Waals surface area contributed by atoms with E-state index in [0.717, 1.165) is 5.56 Å². The van der Waals surface area contributed by atoms with Crippen molar-refractivity contribution in [2.24, 2.45) is 0 Å². The van der Waals surface area contributed by atoms with Gasteiger partial charge < -0.3 is 16.0 Å². The molecule has 0 saturated carbocycles. The second kappa shape index (κ2) is 10.0. The van der Waals surface area contributed by atoms with Crippen molar-refractivity contribution in [1.82, 2.24) is 10.6 Å². The summed E-state index contributed by atoms with van der Waals surface area (Å²) in [4.78, 5) is 36.5. The maximum atomic E-state index is 12.3. The predicted octanol–water partition coefficient (Wildman–Crippen LogP) is 3.41. The van der Waals surface area contributed by atoms with Crippen LogP contribution in [0.1, 0.15) is 36.6 Å². The molecule has 6 heteroatoms. The first-order chi connectivity index (χ1) is 14.5. The monoisotopic (exact) mass is 401 g/mol.